The van der Waals surface area contributed by atoms with E-state index in [4.69, 9.17) is 18.9 Å². The SMILES string of the molecule is CC[C@H]1OC(=C(F)c2ccccc2C2CCCO2)C(OCc2ccccc2)C(OCc2ccccc2)[C@@H]1C. The first-order valence-corrected chi connectivity index (χ1v) is 13.7. The van der Waals surface area contributed by atoms with Crippen molar-refractivity contribution in [1.82, 2.24) is 0 Å². The third-order valence-electron chi connectivity index (χ3n) is 7.59. The zero-order valence-corrected chi connectivity index (χ0v) is 22.2. The Morgan fingerprint density at radius 3 is 2.13 bits per heavy atom. The van der Waals surface area contributed by atoms with Crippen molar-refractivity contribution in [2.24, 2.45) is 5.92 Å². The van der Waals surface area contributed by atoms with E-state index in [-0.39, 0.29) is 30.0 Å². The Balaban J connectivity index is 1.52. The van der Waals surface area contributed by atoms with Crippen LogP contribution in [0.2, 0.25) is 0 Å². The molecule has 3 aromatic rings. The van der Waals surface area contributed by atoms with Crippen LogP contribution in [-0.2, 0) is 32.2 Å². The lowest BCUT2D eigenvalue weighted by atomic mass is 9.87. The molecular weight excluding hydrogens is 479 g/mol. The minimum absolute atomic E-state index is 0.00875. The largest absolute Gasteiger partial charge is 0.488 e. The molecule has 3 unspecified atom stereocenters. The maximum absolute atomic E-state index is 16.6. The van der Waals surface area contributed by atoms with Gasteiger partial charge in [-0.2, -0.15) is 0 Å². The molecule has 0 spiro atoms. The summed E-state index contributed by atoms with van der Waals surface area (Å²) in [6, 6.07) is 27.6. The van der Waals surface area contributed by atoms with E-state index < -0.39 is 11.9 Å². The van der Waals surface area contributed by atoms with Gasteiger partial charge in [0, 0.05) is 18.1 Å². The molecule has 5 atom stereocenters. The summed E-state index contributed by atoms with van der Waals surface area (Å²) in [5, 5.41) is 0. The van der Waals surface area contributed by atoms with E-state index in [9.17, 15) is 0 Å². The summed E-state index contributed by atoms with van der Waals surface area (Å²) < 4.78 is 42.0. The molecule has 0 aromatic heterocycles. The first-order chi connectivity index (χ1) is 18.7. The summed E-state index contributed by atoms with van der Waals surface area (Å²) in [5.41, 5.74) is 3.44. The van der Waals surface area contributed by atoms with Gasteiger partial charge in [-0.25, -0.2) is 4.39 Å². The van der Waals surface area contributed by atoms with Crippen molar-refractivity contribution >= 4 is 5.83 Å². The average Bonchev–Trinajstić information content (AvgIpc) is 3.51. The van der Waals surface area contributed by atoms with Crippen molar-refractivity contribution in [3.63, 3.8) is 0 Å². The molecule has 38 heavy (non-hydrogen) atoms. The summed E-state index contributed by atoms with van der Waals surface area (Å²) in [7, 11) is 0. The van der Waals surface area contributed by atoms with Gasteiger partial charge < -0.3 is 18.9 Å². The Labute approximate surface area is 225 Å². The second kappa shape index (κ2) is 12.7. The van der Waals surface area contributed by atoms with E-state index in [0.29, 0.717) is 25.4 Å². The summed E-state index contributed by atoms with van der Waals surface area (Å²) in [6.45, 7) is 5.61. The summed E-state index contributed by atoms with van der Waals surface area (Å²) in [6.07, 6.45) is 1.20. The third-order valence-corrected chi connectivity index (χ3v) is 7.59. The molecule has 0 aliphatic carbocycles. The molecule has 0 bridgehead atoms. The fourth-order valence-electron chi connectivity index (χ4n) is 5.48. The molecule has 2 fully saturated rings. The van der Waals surface area contributed by atoms with Crippen LogP contribution < -0.4 is 0 Å². The topological polar surface area (TPSA) is 36.9 Å². The lowest BCUT2D eigenvalue weighted by molar-refractivity contribution is -0.167. The van der Waals surface area contributed by atoms with Crippen molar-refractivity contribution in [2.75, 3.05) is 6.61 Å². The van der Waals surface area contributed by atoms with Gasteiger partial charge in [-0.1, -0.05) is 98.8 Å². The van der Waals surface area contributed by atoms with Crippen LogP contribution in [0.5, 0.6) is 0 Å². The molecule has 4 nitrogen and oxygen atoms in total. The Morgan fingerprint density at radius 2 is 1.50 bits per heavy atom. The van der Waals surface area contributed by atoms with Gasteiger partial charge in [0.2, 0.25) is 0 Å². The number of hydrogen-bond donors (Lipinski definition) is 0. The second-order valence-corrected chi connectivity index (χ2v) is 10.2. The molecule has 2 saturated heterocycles. The van der Waals surface area contributed by atoms with Gasteiger partial charge in [-0.15, -0.1) is 0 Å². The lowest BCUT2D eigenvalue weighted by Gasteiger charge is -2.42. The normalized spacial score (nSPS) is 26.7. The summed E-state index contributed by atoms with van der Waals surface area (Å²) in [4.78, 5) is 0. The van der Waals surface area contributed by atoms with Crippen molar-refractivity contribution in [3.05, 3.63) is 113 Å². The predicted molar refractivity (Wildman–Crippen MR) is 147 cm³/mol. The van der Waals surface area contributed by atoms with Crippen LogP contribution >= 0.6 is 0 Å². The van der Waals surface area contributed by atoms with Crippen LogP contribution in [0.3, 0.4) is 0 Å². The fraction of sp³-hybridized carbons (Fsp3) is 0.394. The fourth-order valence-corrected chi connectivity index (χ4v) is 5.48. The third kappa shape index (κ3) is 6.01. The highest BCUT2D eigenvalue weighted by Crippen LogP contribution is 2.41. The van der Waals surface area contributed by atoms with Gasteiger partial charge in [0.25, 0.3) is 0 Å². The lowest BCUT2D eigenvalue weighted by Crippen LogP contribution is -2.49. The van der Waals surface area contributed by atoms with Gasteiger partial charge in [0.1, 0.15) is 12.2 Å². The standard InChI is InChI=1S/C33H37FO4/c1-3-28-23(2)31(36-21-24-13-6-4-7-14-24)33(37-22-25-15-8-5-9-16-25)32(38-28)30(34)27-18-11-10-17-26(27)29-19-12-20-35-29/h4-11,13-18,23,28-29,31,33H,3,12,19-22H2,1-2H3/t23-,28-,29?,31?,33?/m1/s1. The molecule has 0 saturated carbocycles. The second-order valence-electron chi connectivity index (χ2n) is 10.2. The van der Waals surface area contributed by atoms with Gasteiger partial charge in [-0.05, 0) is 36.0 Å². The maximum Gasteiger partial charge on any atom is 0.171 e. The van der Waals surface area contributed by atoms with Crippen molar-refractivity contribution in [1.29, 1.82) is 0 Å². The molecule has 2 aliphatic heterocycles. The van der Waals surface area contributed by atoms with Crippen LogP contribution in [0, 0.1) is 5.92 Å². The zero-order chi connectivity index (χ0) is 26.3. The summed E-state index contributed by atoms with van der Waals surface area (Å²) in [5.74, 6) is -0.170. The highest BCUT2D eigenvalue weighted by Gasteiger charge is 2.44. The maximum atomic E-state index is 16.6. The molecule has 5 rings (SSSR count). The van der Waals surface area contributed by atoms with E-state index >= 15 is 4.39 Å². The summed E-state index contributed by atoms with van der Waals surface area (Å²) >= 11 is 0. The van der Waals surface area contributed by atoms with E-state index in [1.807, 2.05) is 84.9 Å². The molecular formula is C33H37FO4. The first-order valence-electron chi connectivity index (χ1n) is 13.7. The number of benzene rings is 3. The van der Waals surface area contributed by atoms with Gasteiger partial charge in [0.05, 0.1) is 25.4 Å². The van der Waals surface area contributed by atoms with Gasteiger partial charge in [-0.3, -0.25) is 0 Å². The van der Waals surface area contributed by atoms with Crippen molar-refractivity contribution in [2.45, 2.75) is 70.7 Å². The molecule has 0 radical (unpaired) electrons. The average molecular weight is 517 g/mol. The highest BCUT2D eigenvalue weighted by atomic mass is 19.1. The number of halogens is 1. The van der Waals surface area contributed by atoms with E-state index in [2.05, 4.69) is 13.8 Å². The Bertz CT molecular complexity index is 1190. The van der Waals surface area contributed by atoms with Gasteiger partial charge >= 0.3 is 0 Å². The predicted octanol–water partition coefficient (Wildman–Crippen LogP) is 7.79. The van der Waals surface area contributed by atoms with Crippen LogP contribution in [0.25, 0.3) is 5.83 Å². The smallest absolute Gasteiger partial charge is 0.171 e. The quantitative estimate of drug-likeness (QED) is 0.291. The molecule has 200 valence electrons. The number of hydrogen-bond acceptors (Lipinski definition) is 4. The molecule has 3 aromatic carbocycles. The molecule has 0 amide bonds. The van der Waals surface area contributed by atoms with E-state index in [1.165, 1.54) is 0 Å². The van der Waals surface area contributed by atoms with E-state index in [0.717, 1.165) is 36.0 Å². The van der Waals surface area contributed by atoms with Gasteiger partial charge in [0.15, 0.2) is 11.6 Å². The van der Waals surface area contributed by atoms with Crippen LogP contribution in [-0.4, -0.2) is 24.9 Å². The first kappa shape index (κ1) is 26.6. The minimum atomic E-state index is -0.700. The number of ether oxygens (including phenoxy) is 4. The van der Waals surface area contributed by atoms with Crippen LogP contribution in [0.15, 0.2) is 90.7 Å². The molecule has 2 heterocycles. The Morgan fingerprint density at radius 1 is 0.868 bits per heavy atom. The highest BCUT2D eigenvalue weighted by molar-refractivity contribution is 5.66. The molecule has 5 heteroatoms. The minimum Gasteiger partial charge on any atom is -0.488 e. The zero-order valence-electron chi connectivity index (χ0n) is 22.2. The number of rotatable bonds is 9. The van der Waals surface area contributed by atoms with Crippen LogP contribution in [0.4, 0.5) is 4.39 Å². The van der Waals surface area contributed by atoms with Crippen LogP contribution in [0.1, 0.15) is 61.5 Å². The Kier molecular flexibility index (Phi) is 8.90. The molecule has 0 N–H and O–H groups in total. The molecule has 2 aliphatic rings. The van der Waals surface area contributed by atoms with E-state index in [1.54, 1.807) is 0 Å². The monoisotopic (exact) mass is 516 g/mol. The van der Waals surface area contributed by atoms with Crippen molar-refractivity contribution in [3.8, 4) is 0 Å². The van der Waals surface area contributed by atoms with Crippen molar-refractivity contribution < 1.29 is 23.3 Å². The Hall–Kier alpha value is -2.99.